The van der Waals surface area contributed by atoms with Crippen LogP contribution in [-0.4, -0.2) is 47.6 Å². The zero-order valence-corrected chi connectivity index (χ0v) is 13.8. The number of rotatable bonds is 7. The van der Waals surface area contributed by atoms with E-state index in [1.165, 1.54) is 12.8 Å². The number of hydrogen-bond donors (Lipinski definition) is 2. The number of nitrogens with one attached hydrogen (secondary N) is 1. The van der Waals surface area contributed by atoms with E-state index in [4.69, 9.17) is 5.11 Å². The average Bonchev–Trinajstić information content (AvgIpc) is 2.53. The number of thioether (sulfide) groups is 1. The van der Waals surface area contributed by atoms with Crippen LogP contribution in [0.15, 0.2) is 11.2 Å². The van der Waals surface area contributed by atoms with E-state index in [0.717, 1.165) is 49.3 Å². The summed E-state index contributed by atoms with van der Waals surface area (Å²) in [6.07, 6.45) is 6.35. The molecule has 6 heteroatoms. The number of aliphatic hydroxyl groups excluding tert-OH is 1. The van der Waals surface area contributed by atoms with Crippen LogP contribution in [0.25, 0.3) is 0 Å². The highest BCUT2D eigenvalue weighted by Crippen LogP contribution is 2.26. The Labute approximate surface area is 131 Å². The van der Waals surface area contributed by atoms with Crippen LogP contribution < -0.4 is 10.2 Å². The summed E-state index contributed by atoms with van der Waals surface area (Å²) in [5.74, 6) is 2.49. The minimum atomic E-state index is 0.279. The Morgan fingerprint density at radius 1 is 1.48 bits per heavy atom. The van der Waals surface area contributed by atoms with Gasteiger partial charge in [0.2, 0.25) is 0 Å². The molecule has 1 aliphatic rings. The molecule has 1 saturated heterocycles. The van der Waals surface area contributed by atoms with Crippen molar-refractivity contribution in [2.75, 3.05) is 42.7 Å². The molecule has 21 heavy (non-hydrogen) atoms. The molecular formula is C15H26N4OS. The van der Waals surface area contributed by atoms with Gasteiger partial charge >= 0.3 is 0 Å². The topological polar surface area (TPSA) is 61.3 Å². The SMILES string of the molecule is CCCNc1cc(N2CCCC(CCO)C2)nc(SC)n1. The van der Waals surface area contributed by atoms with Gasteiger partial charge in [0.1, 0.15) is 11.6 Å². The fourth-order valence-corrected chi connectivity index (χ4v) is 3.08. The summed E-state index contributed by atoms with van der Waals surface area (Å²) >= 11 is 1.58. The fourth-order valence-electron chi connectivity index (χ4n) is 2.70. The van der Waals surface area contributed by atoms with Crippen molar-refractivity contribution in [1.29, 1.82) is 0 Å². The predicted octanol–water partition coefficient (Wildman–Crippen LogP) is 2.62. The predicted molar refractivity (Wildman–Crippen MR) is 89.2 cm³/mol. The number of anilines is 2. The second-order valence-corrected chi connectivity index (χ2v) is 6.26. The number of nitrogens with zero attached hydrogens (tertiary/aromatic N) is 3. The molecule has 0 aromatic carbocycles. The number of piperidine rings is 1. The summed E-state index contributed by atoms with van der Waals surface area (Å²) < 4.78 is 0. The van der Waals surface area contributed by atoms with Crippen LogP contribution in [0.4, 0.5) is 11.6 Å². The molecule has 2 heterocycles. The van der Waals surface area contributed by atoms with E-state index in [-0.39, 0.29) is 6.61 Å². The van der Waals surface area contributed by atoms with E-state index >= 15 is 0 Å². The van der Waals surface area contributed by atoms with Gasteiger partial charge in [-0.2, -0.15) is 0 Å². The standard InChI is InChI=1S/C15H26N4OS/c1-3-7-16-13-10-14(18-15(17-13)21-2)19-8-4-5-12(11-19)6-9-20/h10,12,20H,3-9,11H2,1-2H3,(H,16,17,18). The summed E-state index contributed by atoms with van der Waals surface area (Å²) in [6, 6.07) is 2.05. The van der Waals surface area contributed by atoms with Crippen molar-refractivity contribution in [3.05, 3.63) is 6.07 Å². The smallest absolute Gasteiger partial charge is 0.191 e. The van der Waals surface area contributed by atoms with Crippen LogP contribution in [0.5, 0.6) is 0 Å². The monoisotopic (exact) mass is 310 g/mol. The first-order chi connectivity index (χ1) is 10.3. The molecule has 1 aliphatic heterocycles. The van der Waals surface area contributed by atoms with Gasteiger partial charge in [0.15, 0.2) is 5.16 Å². The average molecular weight is 310 g/mol. The molecule has 118 valence electrons. The van der Waals surface area contributed by atoms with E-state index in [9.17, 15) is 0 Å². The lowest BCUT2D eigenvalue weighted by Gasteiger charge is -2.33. The largest absolute Gasteiger partial charge is 0.396 e. The maximum Gasteiger partial charge on any atom is 0.191 e. The van der Waals surface area contributed by atoms with Gasteiger partial charge in [-0.05, 0) is 37.9 Å². The van der Waals surface area contributed by atoms with E-state index < -0.39 is 0 Å². The summed E-state index contributed by atoms with van der Waals surface area (Å²) in [4.78, 5) is 11.5. The van der Waals surface area contributed by atoms with Crippen LogP contribution >= 0.6 is 11.8 Å². The third-order valence-electron chi connectivity index (χ3n) is 3.81. The first-order valence-corrected chi connectivity index (χ1v) is 9.02. The van der Waals surface area contributed by atoms with Gasteiger partial charge in [-0.1, -0.05) is 18.7 Å². The third kappa shape index (κ3) is 4.74. The summed E-state index contributed by atoms with van der Waals surface area (Å²) in [5.41, 5.74) is 0. The third-order valence-corrected chi connectivity index (χ3v) is 4.36. The van der Waals surface area contributed by atoms with Gasteiger partial charge in [0, 0.05) is 32.3 Å². The molecule has 1 atom stereocenters. The van der Waals surface area contributed by atoms with Crippen molar-refractivity contribution in [1.82, 2.24) is 9.97 Å². The Hall–Kier alpha value is -1.01. The van der Waals surface area contributed by atoms with Crippen molar-refractivity contribution in [2.24, 2.45) is 5.92 Å². The van der Waals surface area contributed by atoms with Crippen molar-refractivity contribution >= 4 is 23.4 Å². The lowest BCUT2D eigenvalue weighted by atomic mass is 9.95. The zero-order valence-electron chi connectivity index (χ0n) is 13.0. The van der Waals surface area contributed by atoms with E-state index in [2.05, 4.69) is 33.2 Å². The molecule has 0 spiro atoms. The van der Waals surface area contributed by atoms with Gasteiger partial charge in [0.25, 0.3) is 0 Å². The van der Waals surface area contributed by atoms with Gasteiger partial charge in [-0.25, -0.2) is 9.97 Å². The van der Waals surface area contributed by atoms with Crippen molar-refractivity contribution in [2.45, 2.75) is 37.8 Å². The number of aliphatic hydroxyl groups is 1. The maximum absolute atomic E-state index is 9.14. The van der Waals surface area contributed by atoms with Gasteiger partial charge in [0.05, 0.1) is 0 Å². The first-order valence-electron chi connectivity index (χ1n) is 7.79. The minimum absolute atomic E-state index is 0.279. The fraction of sp³-hybridized carbons (Fsp3) is 0.733. The lowest BCUT2D eigenvalue weighted by molar-refractivity contribution is 0.244. The van der Waals surface area contributed by atoms with Crippen LogP contribution in [0.1, 0.15) is 32.6 Å². The van der Waals surface area contributed by atoms with Gasteiger partial charge in [-0.3, -0.25) is 0 Å². The normalized spacial score (nSPS) is 18.8. The van der Waals surface area contributed by atoms with E-state index in [1.54, 1.807) is 11.8 Å². The Kier molecular flexibility index (Phi) is 6.57. The lowest BCUT2D eigenvalue weighted by Crippen LogP contribution is -2.36. The molecule has 0 amide bonds. The molecule has 0 aliphatic carbocycles. The summed E-state index contributed by atoms with van der Waals surface area (Å²) in [7, 11) is 0. The number of aromatic nitrogens is 2. The van der Waals surface area contributed by atoms with Gasteiger partial charge in [-0.15, -0.1) is 0 Å². The highest BCUT2D eigenvalue weighted by molar-refractivity contribution is 7.98. The van der Waals surface area contributed by atoms with Gasteiger partial charge < -0.3 is 15.3 Å². The Balaban J connectivity index is 2.13. The van der Waals surface area contributed by atoms with Crippen LogP contribution in [0, 0.1) is 5.92 Å². The molecule has 1 unspecified atom stereocenters. The molecule has 2 rings (SSSR count). The maximum atomic E-state index is 9.14. The molecule has 2 N–H and O–H groups in total. The Morgan fingerprint density at radius 3 is 3.05 bits per heavy atom. The Morgan fingerprint density at radius 2 is 2.33 bits per heavy atom. The number of hydrogen-bond acceptors (Lipinski definition) is 6. The molecule has 1 aromatic heterocycles. The second kappa shape index (κ2) is 8.44. The van der Waals surface area contributed by atoms with Crippen LogP contribution in [-0.2, 0) is 0 Å². The Bertz CT molecular complexity index is 442. The highest BCUT2D eigenvalue weighted by atomic mass is 32.2. The molecule has 1 fully saturated rings. The molecular weight excluding hydrogens is 284 g/mol. The van der Waals surface area contributed by atoms with Crippen LogP contribution in [0.2, 0.25) is 0 Å². The second-order valence-electron chi connectivity index (χ2n) is 5.49. The highest BCUT2D eigenvalue weighted by Gasteiger charge is 2.21. The minimum Gasteiger partial charge on any atom is -0.396 e. The van der Waals surface area contributed by atoms with Crippen molar-refractivity contribution in [3.63, 3.8) is 0 Å². The molecule has 0 bridgehead atoms. The molecule has 1 aromatic rings. The summed E-state index contributed by atoms with van der Waals surface area (Å²) in [5, 5.41) is 13.3. The van der Waals surface area contributed by atoms with E-state index in [0.29, 0.717) is 5.92 Å². The first kappa shape index (κ1) is 16.4. The van der Waals surface area contributed by atoms with Crippen molar-refractivity contribution in [3.8, 4) is 0 Å². The molecule has 0 radical (unpaired) electrons. The molecule has 0 saturated carbocycles. The quantitative estimate of drug-likeness (QED) is 0.596. The van der Waals surface area contributed by atoms with Crippen LogP contribution in [0.3, 0.4) is 0 Å². The zero-order chi connectivity index (χ0) is 15.1. The van der Waals surface area contributed by atoms with Crippen molar-refractivity contribution < 1.29 is 5.11 Å². The molecule has 5 nitrogen and oxygen atoms in total. The van der Waals surface area contributed by atoms with E-state index in [1.807, 2.05) is 6.26 Å². The summed E-state index contributed by atoms with van der Waals surface area (Å²) in [6.45, 7) is 5.38.